The van der Waals surface area contributed by atoms with Crippen LogP contribution in [0.25, 0.3) is 0 Å². The van der Waals surface area contributed by atoms with Gasteiger partial charge in [-0.25, -0.2) is 4.79 Å². The van der Waals surface area contributed by atoms with E-state index in [1.165, 1.54) is 7.05 Å². The molecule has 1 aliphatic rings. The van der Waals surface area contributed by atoms with E-state index in [9.17, 15) is 14.4 Å². The van der Waals surface area contributed by atoms with Crippen molar-refractivity contribution in [3.8, 4) is 0 Å². The number of amides is 4. The fourth-order valence-electron chi connectivity index (χ4n) is 2.76. The van der Waals surface area contributed by atoms with E-state index in [4.69, 9.17) is 0 Å². The molecule has 1 aromatic rings. The zero-order chi connectivity index (χ0) is 17.5. The van der Waals surface area contributed by atoms with Gasteiger partial charge in [0.05, 0.1) is 6.04 Å². The van der Waals surface area contributed by atoms with E-state index < -0.39 is 12.1 Å². The van der Waals surface area contributed by atoms with Crippen molar-refractivity contribution in [2.45, 2.75) is 25.8 Å². The van der Waals surface area contributed by atoms with Crippen LogP contribution < -0.4 is 16.0 Å². The summed E-state index contributed by atoms with van der Waals surface area (Å²) in [4.78, 5) is 37.5. The average molecular weight is 332 g/mol. The largest absolute Gasteiger partial charge is 0.341 e. The molecule has 0 aromatic heterocycles. The summed E-state index contributed by atoms with van der Waals surface area (Å²) in [6.07, 6.45) is 1.38. The Morgan fingerprint density at radius 2 is 1.75 bits per heavy atom. The molecule has 0 unspecified atom stereocenters. The topological polar surface area (TPSA) is 90.5 Å². The molecule has 130 valence electrons. The Labute approximate surface area is 141 Å². The summed E-state index contributed by atoms with van der Waals surface area (Å²) in [7, 11) is 1.46. The predicted octanol–water partition coefficient (Wildman–Crippen LogP) is 1.18. The Bertz CT molecular complexity index is 583. The summed E-state index contributed by atoms with van der Waals surface area (Å²) in [6, 6.07) is 8.47. The first-order chi connectivity index (χ1) is 11.5. The molecule has 4 amide bonds. The third-order valence-corrected chi connectivity index (χ3v) is 4.33. The monoisotopic (exact) mass is 332 g/mol. The molecule has 0 spiro atoms. The average Bonchev–Trinajstić information content (AvgIpc) is 2.61. The maximum Gasteiger partial charge on any atom is 0.321 e. The number of nitrogens with one attached hydrogen (secondary N) is 3. The maximum atomic E-state index is 12.3. The molecule has 1 atom stereocenters. The number of para-hydroxylation sites is 1. The smallest absolute Gasteiger partial charge is 0.321 e. The third kappa shape index (κ3) is 4.79. The van der Waals surface area contributed by atoms with Crippen molar-refractivity contribution >= 4 is 23.5 Å². The zero-order valence-corrected chi connectivity index (χ0v) is 14.0. The van der Waals surface area contributed by atoms with Gasteiger partial charge in [0.25, 0.3) is 0 Å². The van der Waals surface area contributed by atoms with Gasteiger partial charge in [0.15, 0.2) is 0 Å². The molecule has 1 aliphatic heterocycles. The van der Waals surface area contributed by atoms with Gasteiger partial charge in [0.1, 0.15) is 0 Å². The molecule has 0 radical (unpaired) electrons. The highest BCUT2D eigenvalue weighted by atomic mass is 16.2. The highest BCUT2D eigenvalue weighted by Gasteiger charge is 2.30. The van der Waals surface area contributed by atoms with E-state index in [0.29, 0.717) is 25.9 Å². The molecular formula is C17H24N4O3. The van der Waals surface area contributed by atoms with Crippen molar-refractivity contribution in [1.82, 2.24) is 15.5 Å². The van der Waals surface area contributed by atoms with E-state index in [2.05, 4.69) is 16.0 Å². The molecule has 1 fully saturated rings. The van der Waals surface area contributed by atoms with E-state index in [1.54, 1.807) is 6.92 Å². The second kappa shape index (κ2) is 8.44. The van der Waals surface area contributed by atoms with Crippen molar-refractivity contribution in [3.63, 3.8) is 0 Å². The number of carbonyl (C=O) groups excluding carboxylic acids is 3. The highest BCUT2D eigenvalue weighted by molar-refractivity contribution is 5.96. The van der Waals surface area contributed by atoms with Gasteiger partial charge in [-0.2, -0.15) is 0 Å². The Balaban J connectivity index is 1.81. The van der Waals surface area contributed by atoms with Gasteiger partial charge >= 0.3 is 6.03 Å². The lowest BCUT2D eigenvalue weighted by molar-refractivity contribution is -0.126. The van der Waals surface area contributed by atoms with Crippen LogP contribution in [0.1, 0.15) is 19.8 Å². The predicted molar refractivity (Wildman–Crippen MR) is 91.4 cm³/mol. The molecular weight excluding hydrogens is 308 g/mol. The van der Waals surface area contributed by atoms with E-state index in [-0.39, 0.29) is 17.7 Å². The lowest BCUT2D eigenvalue weighted by Gasteiger charge is -2.34. The standard InChI is InChI=1S/C17H24N4O3/c1-12(15(22)20-17(24)18-2)21-10-8-13(9-11-21)16(23)19-14-6-4-3-5-7-14/h3-7,12-13H,8-11H2,1-2H3,(H,19,23)(H2,18,20,22,24)/t12-/m1/s1. The Morgan fingerprint density at radius 1 is 1.12 bits per heavy atom. The van der Waals surface area contributed by atoms with Crippen LogP contribution in [0, 0.1) is 5.92 Å². The number of carbonyl (C=O) groups is 3. The Morgan fingerprint density at radius 3 is 2.33 bits per heavy atom. The SMILES string of the molecule is CNC(=O)NC(=O)[C@@H](C)N1CCC(C(=O)Nc2ccccc2)CC1. The van der Waals surface area contributed by atoms with Crippen LogP contribution in [0.4, 0.5) is 10.5 Å². The minimum atomic E-state index is -0.510. The summed E-state index contributed by atoms with van der Waals surface area (Å²) >= 11 is 0. The van der Waals surface area contributed by atoms with Crippen LogP contribution >= 0.6 is 0 Å². The Hall–Kier alpha value is -2.41. The van der Waals surface area contributed by atoms with Crippen LogP contribution in [0.2, 0.25) is 0 Å². The van der Waals surface area contributed by atoms with E-state index >= 15 is 0 Å². The normalized spacial score (nSPS) is 16.9. The second-order valence-electron chi connectivity index (χ2n) is 5.91. The first kappa shape index (κ1) is 17.9. The van der Waals surface area contributed by atoms with Gasteiger partial charge in [0.2, 0.25) is 11.8 Å². The molecule has 7 heteroatoms. The number of anilines is 1. The number of rotatable bonds is 4. The molecule has 0 saturated carbocycles. The molecule has 0 aliphatic carbocycles. The number of hydrogen-bond acceptors (Lipinski definition) is 4. The molecule has 2 rings (SSSR count). The number of likely N-dealkylation sites (tertiary alicyclic amines) is 1. The van der Waals surface area contributed by atoms with Gasteiger partial charge in [-0.1, -0.05) is 18.2 Å². The molecule has 7 nitrogen and oxygen atoms in total. The lowest BCUT2D eigenvalue weighted by Crippen LogP contribution is -2.51. The molecule has 24 heavy (non-hydrogen) atoms. The van der Waals surface area contributed by atoms with E-state index in [1.807, 2.05) is 35.2 Å². The third-order valence-electron chi connectivity index (χ3n) is 4.33. The second-order valence-corrected chi connectivity index (χ2v) is 5.91. The fourth-order valence-corrected chi connectivity index (χ4v) is 2.76. The minimum absolute atomic E-state index is 0.0170. The molecule has 1 aromatic carbocycles. The van der Waals surface area contributed by atoms with Crippen molar-refractivity contribution in [2.24, 2.45) is 5.92 Å². The highest BCUT2D eigenvalue weighted by Crippen LogP contribution is 2.21. The molecule has 1 saturated heterocycles. The van der Waals surface area contributed by atoms with Crippen molar-refractivity contribution < 1.29 is 14.4 Å². The van der Waals surface area contributed by atoms with Gasteiger partial charge in [0, 0.05) is 18.7 Å². The van der Waals surface area contributed by atoms with Gasteiger partial charge < -0.3 is 10.6 Å². The summed E-state index contributed by atoms with van der Waals surface area (Å²) in [5.74, 6) is -0.375. The molecule has 1 heterocycles. The summed E-state index contributed by atoms with van der Waals surface area (Å²) < 4.78 is 0. The van der Waals surface area contributed by atoms with Crippen LogP contribution in [0.15, 0.2) is 30.3 Å². The summed E-state index contributed by atoms with van der Waals surface area (Å²) in [5.41, 5.74) is 0.795. The van der Waals surface area contributed by atoms with Gasteiger partial charge in [-0.3, -0.25) is 19.8 Å². The lowest BCUT2D eigenvalue weighted by atomic mass is 9.94. The maximum absolute atomic E-state index is 12.3. The van der Waals surface area contributed by atoms with Crippen LogP contribution in [0.3, 0.4) is 0 Å². The van der Waals surface area contributed by atoms with Crippen LogP contribution in [-0.2, 0) is 9.59 Å². The van der Waals surface area contributed by atoms with Gasteiger partial charge in [-0.15, -0.1) is 0 Å². The van der Waals surface area contributed by atoms with Crippen molar-refractivity contribution in [1.29, 1.82) is 0 Å². The minimum Gasteiger partial charge on any atom is -0.341 e. The van der Waals surface area contributed by atoms with Crippen LogP contribution in [0.5, 0.6) is 0 Å². The summed E-state index contributed by atoms with van der Waals surface area (Å²) in [6.45, 7) is 3.06. The summed E-state index contributed by atoms with van der Waals surface area (Å²) in [5, 5.41) is 7.56. The Kier molecular flexibility index (Phi) is 6.31. The van der Waals surface area contributed by atoms with E-state index in [0.717, 1.165) is 5.69 Å². The number of piperidine rings is 1. The van der Waals surface area contributed by atoms with Crippen LogP contribution in [-0.4, -0.2) is 48.9 Å². The fraction of sp³-hybridized carbons (Fsp3) is 0.471. The molecule has 3 N–H and O–H groups in total. The number of nitrogens with zero attached hydrogens (tertiary/aromatic N) is 1. The van der Waals surface area contributed by atoms with Crippen molar-refractivity contribution in [2.75, 3.05) is 25.5 Å². The first-order valence-corrected chi connectivity index (χ1v) is 8.13. The zero-order valence-electron chi connectivity index (χ0n) is 14.0. The first-order valence-electron chi connectivity index (χ1n) is 8.13. The molecule has 0 bridgehead atoms. The van der Waals surface area contributed by atoms with Crippen molar-refractivity contribution in [3.05, 3.63) is 30.3 Å². The number of urea groups is 1. The van der Waals surface area contributed by atoms with Gasteiger partial charge in [-0.05, 0) is 45.0 Å². The number of benzene rings is 1. The number of imide groups is 1. The quantitative estimate of drug-likeness (QED) is 0.772. The number of hydrogen-bond donors (Lipinski definition) is 3.